The smallest absolute Gasteiger partial charge is 0.262 e. The predicted molar refractivity (Wildman–Crippen MR) is 84.0 cm³/mol. The fourth-order valence-electron chi connectivity index (χ4n) is 2.19. The molecule has 1 aromatic carbocycles. The van der Waals surface area contributed by atoms with Crippen molar-refractivity contribution in [3.8, 4) is 0 Å². The second kappa shape index (κ2) is 6.20. The summed E-state index contributed by atoms with van der Waals surface area (Å²) in [6, 6.07) is 7.92. The molecule has 1 heterocycles. The molecule has 0 spiro atoms. The van der Waals surface area contributed by atoms with E-state index in [4.69, 9.17) is 0 Å². The highest BCUT2D eigenvalue weighted by Crippen LogP contribution is 2.31. The average Bonchev–Trinajstić information content (AvgIpc) is 2.74. The molecule has 0 aliphatic rings. The van der Waals surface area contributed by atoms with Crippen LogP contribution in [0.1, 0.15) is 30.8 Å². The molecule has 1 aromatic heterocycles. The molecule has 0 aliphatic heterocycles. The van der Waals surface area contributed by atoms with E-state index in [0.717, 1.165) is 21.4 Å². The highest BCUT2D eigenvalue weighted by Gasteiger charge is 2.33. The van der Waals surface area contributed by atoms with Crippen molar-refractivity contribution in [2.75, 3.05) is 0 Å². The third-order valence-corrected chi connectivity index (χ3v) is 4.52. The van der Waals surface area contributed by atoms with Crippen LogP contribution in [0.5, 0.6) is 0 Å². The summed E-state index contributed by atoms with van der Waals surface area (Å²) in [6.07, 6.45) is 1.46. The summed E-state index contributed by atoms with van der Waals surface area (Å²) >= 11 is 2.20. The van der Waals surface area contributed by atoms with Gasteiger partial charge in [-0.3, -0.25) is 4.68 Å². The molecule has 2 rings (SSSR count). The van der Waals surface area contributed by atoms with Gasteiger partial charge in [0.2, 0.25) is 0 Å². The Morgan fingerprint density at radius 1 is 1.15 bits per heavy atom. The first-order valence-electron chi connectivity index (χ1n) is 6.67. The minimum Gasteiger partial charge on any atom is -0.262 e. The van der Waals surface area contributed by atoms with Crippen molar-refractivity contribution >= 4 is 22.6 Å². The number of halogens is 3. The summed E-state index contributed by atoms with van der Waals surface area (Å²) in [7, 11) is 0. The minimum absolute atomic E-state index is 0.0330. The summed E-state index contributed by atoms with van der Waals surface area (Å²) in [5.41, 5.74) is 1.81. The Labute approximate surface area is 131 Å². The van der Waals surface area contributed by atoms with E-state index in [1.165, 1.54) is 16.8 Å². The lowest BCUT2D eigenvalue weighted by Gasteiger charge is -2.18. The molecule has 5 heteroatoms. The maximum absolute atomic E-state index is 14.3. The molecule has 0 saturated heterocycles. The van der Waals surface area contributed by atoms with Crippen molar-refractivity contribution in [1.29, 1.82) is 0 Å². The lowest BCUT2D eigenvalue weighted by molar-refractivity contribution is -0.0262. The summed E-state index contributed by atoms with van der Waals surface area (Å²) < 4.78 is 31.2. The van der Waals surface area contributed by atoms with Gasteiger partial charge in [0.05, 0.1) is 15.0 Å². The molecule has 0 N–H and O–H groups in total. The van der Waals surface area contributed by atoms with Crippen molar-refractivity contribution < 1.29 is 8.78 Å². The van der Waals surface area contributed by atoms with E-state index in [1.807, 2.05) is 13.8 Å². The van der Waals surface area contributed by atoms with E-state index in [0.29, 0.717) is 6.42 Å². The average molecular weight is 390 g/mol. The molecule has 0 fully saturated rings. The van der Waals surface area contributed by atoms with Crippen LogP contribution in [0.2, 0.25) is 0 Å². The summed E-state index contributed by atoms with van der Waals surface area (Å²) in [6.45, 7) is 3.55. The van der Waals surface area contributed by atoms with Crippen molar-refractivity contribution in [2.24, 2.45) is 0 Å². The Kier molecular flexibility index (Phi) is 4.78. The molecule has 0 saturated carbocycles. The normalized spacial score (nSPS) is 11.8. The number of hydrogen-bond donors (Lipinski definition) is 0. The third kappa shape index (κ3) is 3.02. The number of aryl methyl sites for hydroxylation is 1. The van der Waals surface area contributed by atoms with Gasteiger partial charge in [-0.05, 0) is 35.4 Å². The van der Waals surface area contributed by atoms with E-state index in [-0.39, 0.29) is 5.56 Å². The Bertz CT molecular complexity index is 579. The molecule has 0 bridgehead atoms. The SMILES string of the molecule is CCc1nn(CC(F)(F)c2ccccc2)c(CC)c1I. The standard InChI is InChI=1S/C15H17F2IN2/c1-3-12-14(18)13(4-2)20(19-12)10-15(16,17)11-8-6-5-7-9-11/h5-9H,3-4,10H2,1-2H3. The van der Waals surface area contributed by atoms with Crippen LogP contribution in [0.15, 0.2) is 30.3 Å². The largest absolute Gasteiger partial charge is 0.292 e. The zero-order valence-electron chi connectivity index (χ0n) is 11.5. The minimum atomic E-state index is -2.91. The Morgan fingerprint density at radius 2 is 1.80 bits per heavy atom. The fraction of sp³-hybridized carbons (Fsp3) is 0.400. The lowest BCUT2D eigenvalue weighted by atomic mass is 10.1. The van der Waals surface area contributed by atoms with Gasteiger partial charge in [0.25, 0.3) is 5.92 Å². The number of rotatable bonds is 5. The molecule has 0 aliphatic carbocycles. The monoisotopic (exact) mass is 390 g/mol. The first-order valence-corrected chi connectivity index (χ1v) is 7.74. The van der Waals surface area contributed by atoms with Gasteiger partial charge in [-0.25, -0.2) is 0 Å². The summed E-state index contributed by atoms with van der Waals surface area (Å²) in [4.78, 5) is 0. The van der Waals surface area contributed by atoms with Crippen LogP contribution in [0.25, 0.3) is 0 Å². The van der Waals surface area contributed by atoms with Crippen LogP contribution in [0, 0.1) is 3.57 Å². The Morgan fingerprint density at radius 3 is 2.35 bits per heavy atom. The number of aromatic nitrogens is 2. The van der Waals surface area contributed by atoms with Gasteiger partial charge < -0.3 is 0 Å². The van der Waals surface area contributed by atoms with E-state index < -0.39 is 12.5 Å². The number of benzene rings is 1. The second-order valence-corrected chi connectivity index (χ2v) is 5.72. The third-order valence-electron chi connectivity index (χ3n) is 3.27. The highest BCUT2D eigenvalue weighted by molar-refractivity contribution is 14.1. The quantitative estimate of drug-likeness (QED) is 0.692. The summed E-state index contributed by atoms with van der Waals surface area (Å²) in [5, 5.41) is 4.34. The molecule has 0 radical (unpaired) electrons. The van der Waals surface area contributed by atoms with Crippen LogP contribution in [0.3, 0.4) is 0 Å². The van der Waals surface area contributed by atoms with Gasteiger partial charge in [0.1, 0.15) is 6.54 Å². The molecule has 0 atom stereocenters. The maximum Gasteiger partial charge on any atom is 0.292 e. The first-order chi connectivity index (χ1) is 9.49. The molecular weight excluding hydrogens is 373 g/mol. The van der Waals surface area contributed by atoms with Crippen molar-refractivity contribution in [2.45, 2.75) is 39.2 Å². The Hall–Kier alpha value is -0.980. The lowest BCUT2D eigenvalue weighted by Crippen LogP contribution is -2.23. The van der Waals surface area contributed by atoms with Gasteiger partial charge in [-0.15, -0.1) is 0 Å². The van der Waals surface area contributed by atoms with Gasteiger partial charge in [0.15, 0.2) is 0 Å². The second-order valence-electron chi connectivity index (χ2n) is 4.64. The number of alkyl halides is 2. The van der Waals surface area contributed by atoms with Crippen molar-refractivity contribution in [3.63, 3.8) is 0 Å². The highest BCUT2D eigenvalue weighted by atomic mass is 127. The van der Waals surface area contributed by atoms with E-state index in [9.17, 15) is 8.78 Å². The van der Waals surface area contributed by atoms with Crippen LogP contribution in [-0.2, 0) is 25.3 Å². The van der Waals surface area contributed by atoms with Crippen molar-refractivity contribution in [3.05, 3.63) is 50.9 Å². The zero-order valence-corrected chi connectivity index (χ0v) is 13.7. The van der Waals surface area contributed by atoms with Crippen molar-refractivity contribution in [1.82, 2.24) is 9.78 Å². The number of nitrogens with zero attached hydrogens (tertiary/aromatic N) is 2. The maximum atomic E-state index is 14.3. The molecule has 20 heavy (non-hydrogen) atoms. The zero-order chi connectivity index (χ0) is 14.8. The van der Waals surface area contributed by atoms with Crippen LogP contribution < -0.4 is 0 Å². The fourth-order valence-corrected chi connectivity index (χ4v) is 3.33. The molecule has 2 aromatic rings. The first kappa shape index (κ1) is 15.4. The summed E-state index contributed by atoms with van der Waals surface area (Å²) in [5.74, 6) is -2.91. The van der Waals surface area contributed by atoms with E-state index in [1.54, 1.807) is 18.2 Å². The van der Waals surface area contributed by atoms with Gasteiger partial charge in [-0.1, -0.05) is 44.2 Å². The predicted octanol–water partition coefficient (Wildman–Crippen LogP) is 4.40. The number of hydrogen-bond acceptors (Lipinski definition) is 1. The van der Waals surface area contributed by atoms with Gasteiger partial charge >= 0.3 is 0 Å². The van der Waals surface area contributed by atoms with E-state index >= 15 is 0 Å². The Balaban J connectivity index is 2.34. The molecule has 108 valence electrons. The topological polar surface area (TPSA) is 17.8 Å². The van der Waals surface area contributed by atoms with Crippen LogP contribution in [-0.4, -0.2) is 9.78 Å². The van der Waals surface area contributed by atoms with Crippen LogP contribution in [0.4, 0.5) is 8.78 Å². The molecule has 0 amide bonds. The van der Waals surface area contributed by atoms with Crippen LogP contribution >= 0.6 is 22.6 Å². The van der Waals surface area contributed by atoms with Gasteiger partial charge in [0, 0.05) is 5.56 Å². The molecular formula is C15H17F2IN2. The van der Waals surface area contributed by atoms with E-state index in [2.05, 4.69) is 27.7 Å². The van der Waals surface area contributed by atoms with Gasteiger partial charge in [-0.2, -0.15) is 13.9 Å². The molecule has 2 nitrogen and oxygen atoms in total. The molecule has 0 unspecified atom stereocenters.